The second-order valence-electron chi connectivity index (χ2n) is 10.1. The zero-order chi connectivity index (χ0) is 26.2. The predicted octanol–water partition coefficient (Wildman–Crippen LogP) is 5.71. The summed E-state index contributed by atoms with van der Waals surface area (Å²) in [6, 6.07) is 24.4. The van der Waals surface area contributed by atoms with Crippen molar-refractivity contribution in [3.63, 3.8) is 0 Å². The van der Waals surface area contributed by atoms with E-state index in [4.69, 9.17) is 14.2 Å². The molecule has 3 aromatic heterocycles. The lowest BCUT2D eigenvalue weighted by Gasteiger charge is -2.38. The van der Waals surface area contributed by atoms with E-state index >= 15 is 0 Å². The van der Waals surface area contributed by atoms with E-state index in [1.165, 1.54) is 0 Å². The smallest absolute Gasteiger partial charge is 0.270 e. The second-order valence-corrected chi connectivity index (χ2v) is 10.1. The molecule has 6 nitrogen and oxygen atoms in total. The average Bonchev–Trinajstić information content (AvgIpc) is 3.01. The van der Waals surface area contributed by atoms with Crippen molar-refractivity contribution < 1.29 is 14.2 Å². The van der Waals surface area contributed by atoms with E-state index in [1.807, 2.05) is 55.0 Å². The van der Waals surface area contributed by atoms with Gasteiger partial charge in [-0.1, -0.05) is 18.2 Å². The first-order valence-electron chi connectivity index (χ1n) is 13.1. The molecule has 6 aromatic rings. The van der Waals surface area contributed by atoms with Gasteiger partial charge in [0.1, 0.15) is 34.5 Å². The molecule has 186 valence electrons. The Morgan fingerprint density at radius 1 is 0.400 bits per heavy atom. The summed E-state index contributed by atoms with van der Waals surface area (Å²) in [5, 5.41) is 0. The van der Waals surface area contributed by atoms with Gasteiger partial charge in [-0.05, 0) is 71.3 Å². The summed E-state index contributed by atoms with van der Waals surface area (Å²) >= 11 is 0. The number of ether oxygens (including phenoxy) is 3. The highest BCUT2D eigenvalue weighted by Crippen LogP contribution is 2.46. The first kappa shape index (κ1) is 21.5. The lowest BCUT2D eigenvalue weighted by atomic mass is 9.33. The summed E-state index contributed by atoms with van der Waals surface area (Å²) in [6.07, 6.45) is 10.9. The minimum Gasteiger partial charge on any atom is -0.458 e. The molecule has 0 saturated heterocycles. The molecule has 0 aliphatic carbocycles. The van der Waals surface area contributed by atoms with Gasteiger partial charge >= 0.3 is 0 Å². The number of benzene rings is 3. The van der Waals surface area contributed by atoms with Crippen LogP contribution in [0.25, 0.3) is 33.4 Å². The van der Waals surface area contributed by atoms with E-state index in [0.29, 0.717) is 0 Å². The Morgan fingerprint density at radius 3 is 0.950 bits per heavy atom. The fourth-order valence-electron chi connectivity index (χ4n) is 6.05. The molecular weight excluding hydrogens is 497 g/mol. The van der Waals surface area contributed by atoms with Crippen LogP contribution in [0.3, 0.4) is 0 Å². The lowest BCUT2D eigenvalue weighted by molar-refractivity contribution is 0.443. The van der Waals surface area contributed by atoms with Crippen molar-refractivity contribution in [1.82, 2.24) is 15.0 Å². The van der Waals surface area contributed by atoms with Crippen LogP contribution in [-0.4, -0.2) is 21.7 Å². The van der Waals surface area contributed by atoms with Gasteiger partial charge in [0.05, 0.1) is 0 Å². The molecular formula is C33H18BN3O3. The molecule has 3 aliphatic rings. The van der Waals surface area contributed by atoms with Crippen LogP contribution in [0.2, 0.25) is 0 Å². The molecule has 40 heavy (non-hydrogen) atoms. The Kier molecular flexibility index (Phi) is 4.32. The average molecular weight is 515 g/mol. The van der Waals surface area contributed by atoms with Crippen molar-refractivity contribution in [2.24, 2.45) is 0 Å². The molecule has 3 aliphatic heterocycles. The molecule has 7 heteroatoms. The van der Waals surface area contributed by atoms with E-state index < -0.39 is 0 Å². The third kappa shape index (κ3) is 3.09. The van der Waals surface area contributed by atoms with Gasteiger partial charge in [0.2, 0.25) is 0 Å². The van der Waals surface area contributed by atoms with Crippen molar-refractivity contribution in [3.8, 4) is 67.9 Å². The maximum Gasteiger partial charge on any atom is 0.270 e. The van der Waals surface area contributed by atoms with Crippen LogP contribution >= 0.6 is 0 Å². The largest absolute Gasteiger partial charge is 0.458 e. The standard InChI is InChI=1S/C33H18BN3O3/c1-4-19(16-35-7-1)22-10-25-31-26(11-22)39-28-13-24(21-6-3-9-37-18-21)15-30-33(28)34(31)32-27(38-25)12-23(14-29(32)40-30)20-5-2-8-36-17-20/h1-18H. The minimum absolute atomic E-state index is 0.0786. The van der Waals surface area contributed by atoms with Gasteiger partial charge in [-0.15, -0.1) is 0 Å². The van der Waals surface area contributed by atoms with Crippen LogP contribution in [0, 0.1) is 0 Å². The van der Waals surface area contributed by atoms with Gasteiger partial charge in [-0.3, -0.25) is 15.0 Å². The molecule has 0 saturated carbocycles. The Hall–Kier alpha value is -5.43. The fraction of sp³-hybridized carbons (Fsp3) is 0. The molecule has 0 atom stereocenters. The van der Waals surface area contributed by atoms with E-state index in [1.54, 1.807) is 18.6 Å². The summed E-state index contributed by atoms with van der Waals surface area (Å²) < 4.78 is 20.0. The molecule has 0 fully saturated rings. The Morgan fingerprint density at radius 2 is 0.700 bits per heavy atom. The van der Waals surface area contributed by atoms with Crippen molar-refractivity contribution in [2.75, 3.05) is 0 Å². The van der Waals surface area contributed by atoms with Crippen molar-refractivity contribution in [1.29, 1.82) is 0 Å². The zero-order valence-corrected chi connectivity index (χ0v) is 21.0. The Labute approximate surface area is 230 Å². The van der Waals surface area contributed by atoms with Crippen molar-refractivity contribution in [2.45, 2.75) is 0 Å². The highest BCUT2D eigenvalue weighted by atomic mass is 16.5. The molecule has 3 aromatic carbocycles. The van der Waals surface area contributed by atoms with Crippen LogP contribution < -0.4 is 30.6 Å². The first-order chi connectivity index (χ1) is 19.8. The molecule has 0 unspecified atom stereocenters. The maximum absolute atomic E-state index is 6.66. The number of rotatable bonds is 3. The second kappa shape index (κ2) is 8.04. The van der Waals surface area contributed by atoms with E-state index in [9.17, 15) is 0 Å². The van der Waals surface area contributed by atoms with Gasteiger partial charge in [0.25, 0.3) is 6.71 Å². The van der Waals surface area contributed by atoms with Crippen LogP contribution in [0.1, 0.15) is 0 Å². The number of nitrogens with zero attached hydrogens (tertiary/aromatic N) is 3. The van der Waals surface area contributed by atoms with Crippen LogP contribution in [0.15, 0.2) is 110 Å². The fourth-order valence-corrected chi connectivity index (χ4v) is 6.05. The Bertz CT molecular complexity index is 1680. The maximum atomic E-state index is 6.66. The van der Waals surface area contributed by atoms with Gasteiger partial charge in [-0.2, -0.15) is 0 Å². The van der Waals surface area contributed by atoms with E-state index in [-0.39, 0.29) is 6.71 Å². The van der Waals surface area contributed by atoms with Gasteiger partial charge in [-0.25, -0.2) is 0 Å². The molecule has 0 amide bonds. The van der Waals surface area contributed by atoms with Gasteiger partial charge in [0.15, 0.2) is 0 Å². The predicted molar refractivity (Wildman–Crippen MR) is 154 cm³/mol. The van der Waals surface area contributed by atoms with Crippen molar-refractivity contribution in [3.05, 3.63) is 110 Å². The zero-order valence-electron chi connectivity index (χ0n) is 21.0. The van der Waals surface area contributed by atoms with Crippen LogP contribution in [-0.2, 0) is 0 Å². The lowest BCUT2D eigenvalue weighted by Crippen LogP contribution is -2.59. The molecule has 0 N–H and O–H groups in total. The normalized spacial score (nSPS) is 13.1. The minimum atomic E-state index is -0.0786. The summed E-state index contributed by atoms with van der Waals surface area (Å²) in [6.45, 7) is -0.0786. The quantitative estimate of drug-likeness (QED) is 0.281. The SMILES string of the molecule is c1cncc(-c2cc3c4c(c2)Oc2cc(-c5cccnc5)cc5c2B4c2c(cc(-c4cccnc4)cc2O5)O3)c1. The molecule has 0 spiro atoms. The first-order valence-corrected chi connectivity index (χ1v) is 13.1. The Balaban J connectivity index is 1.32. The number of hydrogen-bond donors (Lipinski definition) is 0. The highest BCUT2D eigenvalue weighted by molar-refractivity contribution is 6.99. The molecule has 6 heterocycles. The van der Waals surface area contributed by atoms with Gasteiger partial charge in [0, 0.05) is 70.3 Å². The monoisotopic (exact) mass is 515 g/mol. The highest BCUT2D eigenvalue weighted by Gasteiger charge is 2.47. The number of aromatic nitrogens is 3. The summed E-state index contributed by atoms with van der Waals surface area (Å²) in [7, 11) is 0. The van der Waals surface area contributed by atoms with Gasteiger partial charge < -0.3 is 14.2 Å². The molecule has 9 rings (SSSR count). The van der Waals surface area contributed by atoms with E-state index in [2.05, 4.69) is 51.4 Å². The summed E-state index contributed by atoms with van der Waals surface area (Å²) in [4.78, 5) is 13.0. The number of pyridine rings is 3. The van der Waals surface area contributed by atoms with Crippen molar-refractivity contribution >= 4 is 23.1 Å². The third-order valence-corrected chi connectivity index (χ3v) is 7.82. The summed E-state index contributed by atoms with van der Waals surface area (Å²) in [5.74, 6) is 4.66. The number of hydrogen-bond acceptors (Lipinski definition) is 6. The van der Waals surface area contributed by atoms with Crippen LogP contribution in [0.5, 0.6) is 34.5 Å². The van der Waals surface area contributed by atoms with Crippen LogP contribution in [0.4, 0.5) is 0 Å². The van der Waals surface area contributed by atoms with E-state index in [0.717, 1.165) is 84.3 Å². The topological polar surface area (TPSA) is 66.4 Å². The molecule has 0 bridgehead atoms. The molecule has 0 radical (unpaired) electrons. The third-order valence-electron chi connectivity index (χ3n) is 7.82. The summed E-state index contributed by atoms with van der Waals surface area (Å²) in [5.41, 5.74) is 8.96.